The molecule has 0 spiro atoms. The lowest BCUT2D eigenvalue weighted by molar-refractivity contribution is -0.121. The van der Waals surface area contributed by atoms with Gasteiger partial charge in [-0.1, -0.05) is 0 Å². The van der Waals surface area contributed by atoms with Gasteiger partial charge in [-0.15, -0.1) is 12.4 Å². The van der Waals surface area contributed by atoms with Crippen molar-refractivity contribution in [2.24, 2.45) is 5.73 Å². The van der Waals surface area contributed by atoms with Crippen molar-refractivity contribution in [1.29, 1.82) is 0 Å². The average molecular weight is 283 g/mol. The maximum atomic E-state index is 11.9. The largest absolute Gasteiger partial charge is 0.350 e. The Labute approximate surface area is 118 Å². The molecule has 2 aromatic rings. The summed E-state index contributed by atoms with van der Waals surface area (Å²) in [6.07, 6.45) is 3.88. The molecule has 1 amide bonds. The Kier molecular flexibility index (Phi) is 4.91. The average Bonchev–Trinajstić information content (AvgIpc) is 2.72. The fourth-order valence-electron chi connectivity index (χ4n) is 1.80. The van der Waals surface area contributed by atoms with Gasteiger partial charge in [0.15, 0.2) is 0 Å². The van der Waals surface area contributed by atoms with Gasteiger partial charge < -0.3 is 16.0 Å². The van der Waals surface area contributed by atoms with Crippen LogP contribution in [-0.4, -0.2) is 28.0 Å². The van der Waals surface area contributed by atoms with Gasteiger partial charge >= 0.3 is 0 Å². The molecule has 0 aliphatic heterocycles. The van der Waals surface area contributed by atoms with E-state index < -0.39 is 0 Å². The molecule has 0 saturated heterocycles. The summed E-state index contributed by atoms with van der Waals surface area (Å²) in [5.41, 5.74) is 6.97. The number of pyridine rings is 1. The van der Waals surface area contributed by atoms with Gasteiger partial charge in [-0.05, 0) is 31.5 Å². The van der Waals surface area contributed by atoms with Crippen molar-refractivity contribution < 1.29 is 4.79 Å². The molecule has 0 radical (unpaired) electrons. The van der Waals surface area contributed by atoms with Crippen molar-refractivity contribution in [1.82, 2.24) is 15.3 Å². The van der Waals surface area contributed by atoms with Crippen LogP contribution in [0.15, 0.2) is 24.5 Å². The first-order valence-electron chi connectivity index (χ1n) is 5.94. The van der Waals surface area contributed by atoms with E-state index in [-0.39, 0.29) is 23.9 Å². The summed E-state index contributed by atoms with van der Waals surface area (Å²) in [6, 6.07) is 3.82. The number of nitrogens with one attached hydrogen (secondary N) is 2. The number of fused-ring (bicyclic) bond motifs is 1. The molecule has 2 heterocycles. The molecule has 0 atom stereocenters. The number of carbonyl (C=O) groups is 1. The van der Waals surface area contributed by atoms with E-state index in [0.717, 1.165) is 16.6 Å². The number of halogens is 1. The fraction of sp³-hybridized carbons (Fsp3) is 0.385. The number of carbonyl (C=O) groups excluding carboxylic acids is 1. The van der Waals surface area contributed by atoms with E-state index in [1.54, 1.807) is 6.20 Å². The van der Waals surface area contributed by atoms with Crippen LogP contribution in [0.3, 0.4) is 0 Å². The van der Waals surface area contributed by atoms with Gasteiger partial charge in [0.2, 0.25) is 5.91 Å². The minimum atomic E-state index is -0.374. The van der Waals surface area contributed by atoms with Crippen LogP contribution in [0.4, 0.5) is 0 Å². The predicted molar refractivity (Wildman–Crippen MR) is 78.3 cm³/mol. The molecule has 4 N–H and O–H groups in total. The molecule has 0 saturated carbocycles. The molecule has 0 unspecified atom stereocenters. The van der Waals surface area contributed by atoms with E-state index in [4.69, 9.17) is 5.73 Å². The molecule has 6 heteroatoms. The lowest BCUT2D eigenvalue weighted by atomic mass is 10.1. The Morgan fingerprint density at radius 3 is 2.95 bits per heavy atom. The van der Waals surface area contributed by atoms with Crippen LogP contribution < -0.4 is 11.1 Å². The Bertz CT molecular complexity index is 565. The zero-order chi connectivity index (χ0) is 13.2. The highest BCUT2D eigenvalue weighted by atomic mass is 35.5. The number of aromatic amines is 1. The Morgan fingerprint density at radius 2 is 2.26 bits per heavy atom. The van der Waals surface area contributed by atoms with Gasteiger partial charge in [0.05, 0.1) is 6.42 Å². The minimum absolute atomic E-state index is 0. The fourth-order valence-corrected chi connectivity index (χ4v) is 1.80. The van der Waals surface area contributed by atoms with E-state index in [1.807, 2.05) is 32.2 Å². The van der Waals surface area contributed by atoms with Crippen LogP contribution in [0.25, 0.3) is 11.0 Å². The topological polar surface area (TPSA) is 83.8 Å². The molecular weight excluding hydrogens is 264 g/mol. The first-order valence-corrected chi connectivity index (χ1v) is 5.94. The summed E-state index contributed by atoms with van der Waals surface area (Å²) in [5, 5.41) is 3.90. The summed E-state index contributed by atoms with van der Waals surface area (Å²) in [7, 11) is 0. The van der Waals surface area contributed by atoms with E-state index in [9.17, 15) is 4.79 Å². The number of hydrogen-bond donors (Lipinski definition) is 3. The van der Waals surface area contributed by atoms with Crippen molar-refractivity contribution in [3.05, 3.63) is 30.1 Å². The van der Waals surface area contributed by atoms with Crippen molar-refractivity contribution >= 4 is 29.3 Å². The molecule has 0 aliphatic rings. The molecule has 2 rings (SSSR count). The highest BCUT2D eigenvalue weighted by Gasteiger charge is 2.19. The SMILES string of the molecule is CC(C)(CN)NC(=O)Cc1c[nH]c2ncccc12.Cl. The number of hydrogen-bond acceptors (Lipinski definition) is 3. The van der Waals surface area contributed by atoms with Crippen LogP contribution in [0.1, 0.15) is 19.4 Å². The van der Waals surface area contributed by atoms with Gasteiger partial charge in [0, 0.05) is 29.9 Å². The summed E-state index contributed by atoms with van der Waals surface area (Å²) in [6.45, 7) is 4.22. The molecule has 0 bridgehead atoms. The van der Waals surface area contributed by atoms with Crippen LogP contribution in [0, 0.1) is 0 Å². The molecule has 19 heavy (non-hydrogen) atoms. The molecule has 2 aromatic heterocycles. The van der Waals surface area contributed by atoms with Crippen molar-refractivity contribution in [3.63, 3.8) is 0 Å². The second kappa shape index (κ2) is 6.04. The van der Waals surface area contributed by atoms with Gasteiger partial charge in [-0.25, -0.2) is 4.98 Å². The van der Waals surface area contributed by atoms with Crippen LogP contribution in [-0.2, 0) is 11.2 Å². The zero-order valence-electron chi connectivity index (χ0n) is 11.1. The molecule has 5 nitrogen and oxygen atoms in total. The number of H-pyrrole nitrogens is 1. The third-order valence-corrected chi connectivity index (χ3v) is 2.88. The highest BCUT2D eigenvalue weighted by molar-refractivity contribution is 5.87. The smallest absolute Gasteiger partial charge is 0.224 e. The van der Waals surface area contributed by atoms with E-state index in [1.165, 1.54) is 0 Å². The van der Waals surface area contributed by atoms with Crippen molar-refractivity contribution in [2.75, 3.05) is 6.54 Å². The van der Waals surface area contributed by atoms with E-state index >= 15 is 0 Å². The van der Waals surface area contributed by atoms with E-state index in [0.29, 0.717) is 13.0 Å². The van der Waals surface area contributed by atoms with Crippen LogP contribution in [0.2, 0.25) is 0 Å². The molecule has 0 fully saturated rings. The number of nitrogens with two attached hydrogens (primary N) is 1. The number of aromatic nitrogens is 2. The third kappa shape index (κ3) is 3.68. The van der Waals surface area contributed by atoms with Gasteiger partial charge in [0.25, 0.3) is 0 Å². The first-order chi connectivity index (χ1) is 8.52. The maximum absolute atomic E-state index is 11.9. The van der Waals surface area contributed by atoms with Crippen LogP contribution >= 0.6 is 12.4 Å². The van der Waals surface area contributed by atoms with Crippen molar-refractivity contribution in [2.45, 2.75) is 25.8 Å². The maximum Gasteiger partial charge on any atom is 0.224 e. The monoisotopic (exact) mass is 282 g/mol. The van der Waals surface area contributed by atoms with Gasteiger partial charge in [-0.2, -0.15) is 0 Å². The predicted octanol–water partition coefficient (Wildman–Crippen LogP) is 1.38. The number of rotatable bonds is 4. The molecule has 0 aliphatic carbocycles. The molecule has 0 aromatic carbocycles. The lowest BCUT2D eigenvalue weighted by Gasteiger charge is -2.24. The second-order valence-corrected chi connectivity index (χ2v) is 5.03. The third-order valence-electron chi connectivity index (χ3n) is 2.88. The van der Waals surface area contributed by atoms with E-state index in [2.05, 4.69) is 15.3 Å². The first kappa shape index (κ1) is 15.5. The zero-order valence-corrected chi connectivity index (χ0v) is 11.9. The van der Waals surface area contributed by atoms with Gasteiger partial charge in [-0.3, -0.25) is 4.79 Å². The summed E-state index contributed by atoms with van der Waals surface area (Å²) >= 11 is 0. The number of amides is 1. The number of nitrogens with zero attached hydrogens (tertiary/aromatic N) is 1. The summed E-state index contributed by atoms with van der Waals surface area (Å²) < 4.78 is 0. The van der Waals surface area contributed by atoms with Gasteiger partial charge in [0.1, 0.15) is 5.65 Å². The lowest BCUT2D eigenvalue weighted by Crippen LogP contribution is -2.49. The van der Waals surface area contributed by atoms with Crippen molar-refractivity contribution in [3.8, 4) is 0 Å². The quantitative estimate of drug-likeness (QED) is 0.792. The normalized spacial score (nSPS) is 11.1. The standard InChI is InChI=1S/C13H18N4O.ClH/c1-13(2,8-14)17-11(18)6-9-7-16-12-10(9)4-3-5-15-12;/h3-5,7H,6,8,14H2,1-2H3,(H,15,16)(H,17,18);1H. The summed E-state index contributed by atoms with van der Waals surface area (Å²) in [4.78, 5) is 19.2. The van der Waals surface area contributed by atoms with Crippen LogP contribution in [0.5, 0.6) is 0 Å². The molecule has 104 valence electrons. The molecular formula is C13H19ClN4O. The highest BCUT2D eigenvalue weighted by Crippen LogP contribution is 2.16. The Morgan fingerprint density at radius 1 is 1.53 bits per heavy atom. The second-order valence-electron chi connectivity index (χ2n) is 5.03. The Hall–Kier alpha value is -1.59. The minimum Gasteiger partial charge on any atom is -0.350 e. The summed E-state index contributed by atoms with van der Waals surface area (Å²) in [5.74, 6) is -0.0322. The Balaban J connectivity index is 0.00000180.